The van der Waals surface area contributed by atoms with Gasteiger partial charge in [-0.05, 0) is 19.3 Å². The summed E-state index contributed by atoms with van der Waals surface area (Å²) in [4.78, 5) is 24.3. The summed E-state index contributed by atoms with van der Waals surface area (Å²) in [5.74, 6) is -0.812. The molecule has 0 aliphatic carbocycles. The van der Waals surface area contributed by atoms with E-state index in [1.165, 1.54) is 11.1 Å². The molecule has 7 nitrogen and oxygen atoms in total. The first-order valence-electron chi connectivity index (χ1n) is 6.54. The number of hydrogen-bond acceptors (Lipinski definition) is 4. The van der Waals surface area contributed by atoms with Crippen molar-refractivity contribution in [3.63, 3.8) is 0 Å². The standard InChI is InChI=1S/C12H18N4O3/c17-11(15-6-2-1-3-7-15)9-16-8-10(13-14-16)4-5-12(18)19/h8H,1-7,9H2,(H,18,19). The molecule has 0 spiro atoms. The first-order valence-corrected chi connectivity index (χ1v) is 6.54. The van der Waals surface area contributed by atoms with Gasteiger partial charge in [-0.2, -0.15) is 0 Å². The topological polar surface area (TPSA) is 88.3 Å². The van der Waals surface area contributed by atoms with Crippen LogP contribution in [0.4, 0.5) is 0 Å². The van der Waals surface area contributed by atoms with Gasteiger partial charge in [-0.1, -0.05) is 5.21 Å². The smallest absolute Gasteiger partial charge is 0.303 e. The number of likely N-dealkylation sites (tertiary alicyclic amines) is 1. The first-order chi connectivity index (χ1) is 9.15. The van der Waals surface area contributed by atoms with E-state index in [0.717, 1.165) is 25.9 Å². The highest BCUT2D eigenvalue weighted by Gasteiger charge is 2.17. The van der Waals surface area contributed by atoms with Crippen LogP contribution in [0.1, 0.15) is 31.4 Å². The van der Waals surface area contributed by atoms with Gasteiger partial charge in [-0.25, -0.2) is 4.68 Å². The predicted octanol–water partition coefficient (Wildman–Crippen LogP) is 0.308. The molecule has 1 aliphatic rings. The van der Waals surface area contributed by atoms with Gasteiger partial charge >= 0.3 is 5.97 Å². The number of carboxylic acids is 1. The molecule has 0 saturated carbocycles. The van der Waals surface area contributed by atoms with E-state index in [-0.39, 0.29) is 18.9 Å². The molecule has 1 aromatic heterocycles. The Hall–Kier alpha value is -1.92. The van der Waals surface area contributed by atoms with Crippen LogP contribution < -0.4 is 0 Å². The van der Waals surface area contributed by atoms with Crippen LogP contribution in [0, 0.1) is 0 Å². The van der Waals surface area contributed by atoms with Crippen molar-refractivity contribution in [1.29, 1.82) is 0 Å². The molecule has 0 bridgehead atoms. The lowest BCUT2D eigenvalue weighted by Crippen LogP contribution is -2.37. The van der Waals surface area contributed by atoms with Gasteiger partial charge < -0.3 is 10.0 Å². The first kappa shape index (κ1) is 13.5. The summed E-state index contributed by atoms with van der Waals surface area (Å²) in [6.07, 6.45) is 5.32. The van der Waals surface area contributed by atoms with E-state index < -0.39 is 5.97 Å². The third-order valence-electron chi connectivity index (χ3n) is 3.19. The second-order valence-corrected chi connectivity index (χ2v) is 4.74. The van der Waals surface area contributed by atoms with Gasteiger partial charge in [0, 0.05) is 25.7 Å². The molecular weight excluding hydrogens is 248 g/mol. The average molecular weight is 266 g/mol. The molecule has 1 saturated heterocycles. The molecule has 2 heterocycles. The Labute approximate surface area is 111 Å². The van der Waals surface area contributed by atoms with Crippen LogP contribution in [0.25, 0.3) is 0 Å². The van der Waals surface area contributed by atoms with E-state index in [9.17, 15) is 9.59 Å². The molecule has 1 N–H and O–H groups in total. The fraction of sp³-hybridized carbons (Fsp3) is 0.667. The number of aliphatic carboxylic acids is 1. The Morgan fingerprint density at radius 1 is 1.26 bits per heavy atom. The molecule has 1 fully saturated rings. The molecule has 0 radical (unpaired) electrons. The summed E-state index contributed by atoms with van der Waals surface area (Å²) in [7, 11) is 0. The minimum Gasteiger partial charge on any atom is -0.481 e. The van der Waals surface area contributed by atoms with E-state index in [4.69, 9.17) is 5.11 Å². The Balaban J connectivity index is 1.84. The fourth-order valence-corrected chi connectivity index (χ4v) is 2.15. The maximum absolute atomic E-state index is 12.0. The Morgan fingerprint density at radius 2 is 2.00 bits per heavy atom. The van der Waals surface area contributed by atoms with Crippen molar-refractivity contribution in [2.75, 3.05) is 13.1 Å². The van der Waals surface area contributed by atoms with Gasteiger partial charge in [0.2, 0.25) is 5.91 Å². The van der Waals surface area contributed by atoms with Crippen molar-refractivity contribution in [3.05, 3.63) is 11.9 Å². The van der Waals surface area contributed by atoms with Gasteiger partial charge in [0.1, 0.15) is 6.54 Å². The van der Waals surface area contributed by atoms with Crippen molar-refractivity contribution < 1.29 is 14.7 Å². The zero-order valence-corrected chi connectivity index (χ0v) is 10.8. The maximum Gasteiger partial charge on any atom is 0.303 e. The van der Waals surface area contributed by atoms with E-state index in [0.29, 0.717) is 12.1 Å². The normalized spacial score (nSPS) is 15.5. The zero-order valence-electron chi connectivity index (χ0n) is 10.8. The molecule has 0 atom stereocenters. The highest BCUT2D eigenvalue weighted by Crippen LogP contribution is 2.09. The van der Waals surface area contributed by atoms with E-state index in [1.807, 2.05) is 4.90 Å². The monoisotopic (exact) mass is 266 g/mol. The Kier molecular flexibility index (Phi) is 4.48. The van der Waals surface area contributed by atoms with E-state index in [1.54, 1.807) is 6.20 Å². The van der Waals surface area contributed by atoms with Crippen molar-refractivity contribution in [1.82, 2.24) is 19.9 Å². The molecule has 104 valence electrons. The maximum atomic E-state index is 12.0. The number of hydrogen-bond donors (Lipinski definition) is 1. The van der Waals surface area contributed by atoms with Gasteiger partial charge in [-0.3, -0.25) is 9.59 Å². The second-order valence-electron chi connectivity index (χ2n) is 4.74. The summed E-state index contributed by atoms with van der Waals surface area (Å²) >= 11 is 0. The highest BCUT2D eigenvalue weighted by atomic mass is 16.4. The van der Waals surface area contributed by atoms with Crippen molar-refractivity contribution >= 4 is 11.9 Å². The lowest BCUT2D eigenvalue weighted by molar-refractivity contribution is -0.137. The highest BCUT2D eigenvalue weighted by molar-refractivity contribution is 5.75. The van der Waals surface area contributed by atoms with Crippen molar-refractivity contribution in [2.45, 2.75) is 38.6 Å². The van der Waals surface area contributed by atoms with Crippen LogP contribution in [0.15, 0.2) is 6.20 Å². The molecule has 0 unspecified atom stereocenters. The predicted molar refractivity (Wildman–Crippen MR) is 66.4 cm³/mol. The summed E-state index contributed by atoms with van der Waals surface area (Å²) in [5.41, 5.74) is 0.605. The molecule has 7 heteroatoms. The molecular formula is C12H18N4O3. The van der Waals surface area contributed by atoms with Gasteiger partial charge in [-0.15, -0.1) is 5.10 Å². The van der Waals surface area contributed by atoms with Gasteiger partial charge in [0.05, 0.1) is 12.1 Å². The fourth-order valence-electron chi connectivity index (χ4n) is 2.15. The number of carbonyl (C=O) groups excluding carboxylic acids is 1. The Morgan fingerprint density at radius 3 is 2.68 bits per heavy atom. The summed E-state index contributed by atoms with van der Waals surface area (Å²) in [5, 5.41) is 16.3. The lowest BCUT2D eigenvalue weighted by atomic mass is 10.1. The van der Waals surface area contributed by atoms with Gasteiger partial charge in [0.25, 0.3) is 0 Å². The quantitative estimate of drug-likeness (QED) is 0.828. The summed E-state index contributed by atoms with van der Waals surface area (Å²) < 4.78 is 1.48. The molecule has 1 amide bonds. The van der Waals surface area contributed by atoms with Crippen LogP contribution in [0.2, 0.25) is 0 Å². The number of carboxylic acid groups (broad SMARTS) is 1. The Bertz CT molecular complexity index is 452. The number of amides is 1. The lowest BCUT2D eigenvalue weighted by Gasteiger charge is -2.26. The minimum atomic E-state index is -0.862. The number of aryl methyl sites for hydroxylation is 1. The largest absolute Gasteiger partial charge is 0.481 e. The van der Waals surface area contributed by atoms with Crippen LogP contribution >= 0.6 is 0 Å². The average Bonchev–Trinajstić information content (AvgIpc) is 2.85. The van der Waals surface area contributed by atoms with Crippen molar-refractivity contribution in [2.24, 2.45) is 0 Å². The third kappa shape index (κ3) is 4.04. The SMILES string of the molecule is O=C(O)CCc1cn(CC(=O)N2CCCCC2)nn1. The number of aromatic nitrogens is 3. The number of piperidine rings is 1. The molecule has 1 aromatic rings. The summed E-state index contributed by atoms with van der Waals surface area (Å²) in [6, 6.07) is 0. The van der Waals surface area contributed by atoms with Crippen LogP contribution in [-0.4, -0.2) is 50.0 Å². The minimum absolute atomic E-state index is 0.0266. The van der Waals surface area contributed by atoms with Gasteiger partial charge in [0.15, 0.2) is 0 Å². The van der Waals surface area contributed by atoms with Crippen LogP contribution in [-0.2, 0) is 22.6 Å². The summed E-state index contributed by atoms with van der Waals surface area (Å²) in [6.45, 7) is 1.82. The van der Waals surface area contributed by atoms with Crippen LogP contribution in [0.5, 0.6) is 0 Å². The number of nitrogens with zero attached hydrogens (tertiary/aromatic N) is 4. The zero-order chi connectivity index (χ0) is 13.7. The van der Waals surface area contributed by atoms with Crippen molar-refractivity contribution in [3.8, 4) is 0 Å². The molecule has 19 heavy (non-hydrogen) atoms. The number of carbonyl (C=O) groups is 2. The van der Waals surface area contributed by atoms with E-state index >= 15 is 0 Å². The molecule has 1 aliphatic heterocycles. The third-order valence-corrected chi connectivity index (χ3v) is 3.19. The number of rotatable bonds is 5. The molecule has 0 aromatic carbocycles. The molecule has 2 rings (SSSR count). The van der Waals surface area contributed by atoms with E-state index in [2.05, 4.69) is 10.3 Å². The second kappa shape index (κ2) is 6.31. The van der Waals surface area contributed by atoms with Crippen LogP contribution in [0.3, 0.4) is 0 Å².